The van der Waals surface area contributed by atoms with Crippen LogP contribution in [0, 0.1) is 4.77 Å². The molecule has 0 N–H and O–H groups in total. The molecule has 1 saturated heterocycles. The summed E-state index contributed by atoms with van der Waals surface area (Å²) in [6.07, 6.45) is 6.08. The van der Waals surface area contributed by atoms with Crippen molar-refractivity contribution in [3.05, 3.63) is 64.1 Å². The molecule has 0 radical (unpaired) electrons. The zero-order chi connectivity index (χ0) is 18.1. The third kappa shape index (κ3) is 3.32. The zero-order valence-corrected chi connectivity index (χ0v) is 16.1. The molecule has 26 heavy (non-hydrogen) atoms. The van der Waals surface area contributed by atoms with Crippen molar-refractivity contribution >= 4 is 23.8 Å². The highest BCUT2D eigenvalue weighted by Gasteiger charge is 2.27. The third-order valence-electron chi connectivity index (χ3n) is 4.89. The summed E-state index contributed by atoms with van der Waals surface area (Å²) in [5.74, 6) is 0.851. The molecule has 1 fully saturated rings. The van der Waals surface area contributed by atoms with E-state index < -0.39 is 0 Å². The average Bonchev–Trinajstić information content (AvgIpc) is 3.24. The number of hydrogen-bond donors (Lipinski definition) is 0. The Bertz CT molecular complexity index is 948. The van der Waals surface area contributed by atoms with E-state index in [0.29, 0.717) is 22.5 Å². The van der Waals surface area contributed by atoms with E-state index in [1.807, 2.05) is 59.0 Å². The minimum Gasteiger partial charge on any atom is -0.303 e. The summed E-state index contributed by atoms with van der Waals surface area (Å²) in [6, 6.07) is 12.2. The Hall–Kier alpha value is -2.02. The molecule has 0 saturated carbocycles. The number of likely N-dealkylation sites (tertiary alicyclic amines) is 1. The van der Waals surface area contributed by atoms with E-state index in [1.165, 1.54) is 12.0 Å². The molecule has 3 heterocycles. The number of rotatable bonds is 4. The molecule has 0 aliphatic carbocycles. The smallest absolute Gasteiger partial charge is 0.199 e. The Morgan fingerprint density at radius 3 is 2.77 bits per heavy atom. The first-order chi connectivity index (χ1) is 12.6. The fraction of sp³-hybridized carbons (Fsp3) is 0.316. The van der Waals surface area contributed by atoms with Crippen LogP contribution in [0.3, 0.4) is 0 Å². The molecule has 1 unspecified atom stereocenters. The Morgan fingerprint density at radius 2 is 2.04 bits per heavy atom. The Balaban J connectivity index is 1.61. The molecular weight excluding hydrogens is 366 g/mol. The predicted octanol–water partition coefficient (Wildman–Crippen LogP) is 4.46. The van der Waals surface area contributed by atoms with E-state index >= 15 is 0 Å². The van der Waals surface area contributed by atoms with Crippen molar-refractivity contribution in [2.75, 3.05) is 6.54 Å². The SMILES string of the molecule is Cn1c(-c2ccc(Cl)cc2)nn(CN2CCCC2c2cccnc2)c1=S. The van der Waals surface area contributed by atoms with E-state index in [0.717, 1.165) is 24.4 Å². The first-order valence-corrected chi connectivity index (χ1v) is 9.46. The maximum absolute atomic E-state index is 6.00. The van der Waals surface area contributed by atoms with Gasteiger partial charge in [-0.3, -0.25) is 9.88 Å². The van der Waals surface area contributed by atoms with Gasteiger partial charge in [-0.2, -0.15) is 5.10 Å². The summed E-state index contributed by atoms with van der Waals surface area (Å²) in [5, 5.41) is 5.49. The zero-order valence-electron chi connectivity index (χ0n) is 14.5. The van der Waals surface area contributed by atoms with Crippen molar-refractivity contribution in [3.63, 3.8) is 0 Å². The van der Waals surface area contributed by atoms with Crippen molar-refractivity contribution in [3.8, 4) is 11.4 Å². The second-order valence-corrected chi connectivity index (χ2v) is 7.37. The number of hydrogen-bond acceptors (Lipinski definition) is 4. The Morgan fingerprint density at radius 1 is 1.23 bits per heavy atom. The Labute approximate surface area is 162 Å². The monoisotopic (exact) mass is 385 g/mol. The van der Waals surface area contributed by atoms with Gasteiger partial charge >= 0.3 is 0 Å². The van der Waals surface area contributed by atoms with E-state index in [1.54, 1.807) is 0 Å². The van der Waals surface area contributed by atoms with Gasteiger partial charge in [-0.05, 0) is 61.0 Å². The molecule has 4 rings (SSSR count). The second kappa shape index (κ2) is 7.31. The molecule has 0 bridgehead atoms. The van der Waals surface area contributed by atoms with Crippen molar-refractivity contribution < 1.29 is 0 Å². The third-order valence-corrected chi connectivity index (χ3v) is 5.63. The highest BCUT2D eigenvalue weighted by Crippen LogP contribution is 2.32. The largest absolute Gasteiger partial charge is 0.303 e. The lowest BCUT2D eigenvalue weighted by atomic mass is 10.1. The molecular formula is C19H20ClN5S. The van der Waals surface area contributed by atoms with Crippen LogP contribution in [0.15, 0.2) is 48.8 Å². The number of benzene rings is 1. The second-order valence-electron chi connectivity index (χ2n) is 6.57. The standard InChI is InChI=1S/C19H20ClN5S/c1-23-18(14-6-8-16(20)9-7-14)22-25(19(23)26)13-24-11-3-5-17(24)15-4-2-10-21-12-15/h2,4,6-10,12,17H,3,5,11,13H2,1H3. The maximum atomic E-state index is 6.00. The van der Waals surface area contributed by atoms with Crippen LogP contribution in [0.2, 0.25) is 5.02 Å². The average molecular weight is 386 g/mol. The predicted molar refractivity (Wildman–Crippen MR) is 105 cm³/mol. The van der Waals surface area contributed by atoms with Crippen LogP contribution in [0.25, 0.3) is 11.4 Å². The van der Waals surface area contributed by atoms with Crippen LogP contribution in [-0.2, 0) is 13.7 Å². The summed E-state index contributed by atoms with van der Waals surface area (Å²) < 4.78 is 4.58. The van der Waals surface area contributed by atoms with Crippen LogP contribution < -0.4 is 0 Å². The lowest BCUT2D eigenvalue weighted by Gasteiger charge is -2.24. The van der Waals surface area contributed by atoms with Crippen molar-refractivity contribution in [1.29, 1.82) is 0 Å². The minimum absolute atomic E-state index is 0.367. The molecule has 1 aliphatic heterocycles. The van der Waals surface area contributed by atoms with Crippen LogP contribution in [0.5, 0.6) is 0 Å². The highest BCUT2D eigenvalue weighted by molar-refractivity contribution is 7.71. The van der Waals surface area contributed by atoms with Gasteiger partial charge in [-0.15, -0.1) is 0 Å². The van der Waals surface area contributed by atoms with Crippen molar-refractivity contribution in [1.82, 2.24) is 24.2 Å². The van der Waals surface area contributed by atoms with Gasteiger partial charge in [0.15, 0.2) is 10.6 Å². The molecule has 0 amide bonds. The topological polar surface area (TPSA) is 38.9 Å². The molecule has 7 heteroatoms. The summed E-state index contributed by atoms with van der Waals surface area (Å²) in [5.41, 5.74) is 2.26. The van der Waals surface area contributed by atoms with Crippen molar-refractivity contribution in [2.45, 2.75) is 25.6 Å². The van der Waals surface area contributed by atoms with E-state index in [2.05, 4.69) is 16.0 Å². The molecule has 0 spiro atoms. The molecule has 2 aromatic heterocycles. The minimum atomic E-state index is 0.367. The Kier molecular flexibility index (Phi) is 4.89. The molecule has 1 aromatic carbocycles. The normalized spacial score (nSPS) is 17.7. The number of halogens is 1. The molecule has 1 aliphatic rings. The van der Waals surface area contributed by atoms with Gasteiger partial charge in [-0.25, -0.2) is 4.68 Å². The number of pyridine rings is 1. The lowest BCUT2D eigenvalue weighted by molar-refractivity contribution is 0.189. The van der Waals surface area contributed by atoms with Crippen LogP contribution in [-0.4, -0.2) is 30.8 Å². The summed E-state index contributed by atoms with van der Waals surface area (Å²) in [6.45, 7) is 1.72. The molecule has 134 valence electrons. The van der Waals surface area contributed by atoms with E-state index in [9.17, 15) is 0 Å². The number of nitrogens with zero attached hydrogens (tertiary/aromatic N) is 5. The summed E-state index contributed by atoms with van der Waals surface area (Å²) in [4.78, 5) is 6.69. The van der Waals surface area contributed by atoms with Gasteiger partial charge in [0.25, 0.3) is 0 Å². The van der Waals surface area contributed by atoms with Gasteiger partial charge in [0, 0.05) is 42.6 Å². The number of aromatic nitrogens is 4. The summed E-state index contributed by atoms with van der Waals surface area (Å²) in [7, 11) is 1.96. The van der Waals surface area contributed by atoms with Crippen LogP contribution in [0.4, 0.5) is 0 Å². The molecule has 5 nitrogen and oxygen atoms in total. The van der Waals surface area contributed by atoms with Crippen molar-refractivity contribution in [2.24, 2.45) is 7.05 Å². The van der Waals surface area contributed by atoms with Gasteiger partial charge in [0.2, 0.25) is 0 Å². The highest BCUT2D eigenvalue weighted by atomic mass is 35.5. The van der Waals surface area contributed by atoms with Gasteiger partial charge in [0.1, 0.15) is 0 Å². The fourth-order valence-corrected chi connectivity index (χ4v) is 3.86. The van der Waals surface area contributed by atoms with Crippen LogP contribution in [0.1, 0.15) is 24.4 Å². The quantitative estimate of drug-likeness (QED) is 0.621. The molecule has 3 aromatic rings. The molecule has 1 atom stereocenters. The van der Waals surface area contributed by atoms with Gasteiger partial charge < -0.3 is 4.57 Å². The van der Waals surface area contributed by atoms with Gasteiger partial charge in [-0.1, -0.05) is 17.7 Å². The first-order valence-electron chi connectivity index (χ1n) is 8.67. The van der Waals surface area contributed by atoms with Gasteiger partial charge in [0.05, 0.1) is 6.67 Å². The fourth-order valence-electron chi connectivity index (χ4n) is 3.55. The first kappa shape index (κ1) is 17.4. The summed E-state index contributed by atoms with van der Waals surface area (Å²) >= 11 is 11.6. The maximum Gasteiger partial charge on any atom is 0.199 e. The lowest BCUT2D eigenvalue weighted by Crippen LogP contribution is -2.27. The van der Waals surface area contributed by atoms with Crippen LogP contribution >= 0.6 is 23.8 Å². The van der Waals surface area contributed by atoms with E-state index in [4.69, 9.17) is 28.9 Å². The van der Waals surface area contributed by atoms with E-state index in [-0.39, 0.29) is 0 Å².